The first-order chi connectivity index (χ1) is 15.4. The van der Waals surface area contributed by atoms with Gasteiger partial charge in [-0.1, -0.05) is 39.8 Å². The van der Waals surface area contributed by atoms with Crippen LogP contribution >= 0.6 is 0 Å². The van der Waals surface area contributed by atoms with Gasteiger partial charge in [-0.15, -0.1) is 0 Å². The molecular weight excluding hydrogens is 410 g/mol. The second-order valence-corrected chi connectivity index (χ2v) is 10.9. The van der Waals surface area contributed by atoms with E-state index in [2.05, 4.69) is 52.1 Å². The summed E-state index contributed by atoms with van der Waals surface area (Å²) >= 11 is 0. The molecule has 0 atom stereocenters. The number of fused-ring (bicyclic) bond motifs is 1. The van der Waals surface area contributed by atoms with E-state index in [0.717, 1.165) is 16.9 Å². The fraction of sp³-hybridized carbons (Fsp3) is 0.414. The van der Waals surface area contributed by atoms with Crippen LogP contribution in [-0.4, -0.2) is 11.0 Å². The maximum Gasteiger partial charge on any atom is 0.291 e. The molecule has 0 unspecified atom stereocenters. The lowest BCUT2D eigenvalue weighted by molar-refractivity contribution is 0.0995. The van der Waals surface area contributed by atoms with Gasteiger partial charge in [0.25, 0.3) is 5.91 Å². The third-order valence-electron chi connectivity index (χ3n) is 7.57. The number of furan rings is 1. The molecule has 1 aliphatic carbocycles. The van der Waals surface area contributed by atoms with Crippen molar-refractivity contribution in [2.24, 2.45) is 0 Å². The molecule has 0 fully saturated rings. The number of carbonyl (C=O) groups is 1. The summed E-state index contributed by atoms with van der Waals surface area (Å²) in [5.41, 5.74) is 8.00. The molecule has 1 aromatic heterocycles. The van der Waals surface area contributed by atoms with E-state index in [1.165, 1.54) is 35.1 Å². The van der Waals surface area contributed by atoms with Gasteiger partial charge in [-0.2, -0.15) is 0 Å². The molecule has 4 nitrogen and oxygen atoms in total. The van der Waals surface area contributed by atoms with Crippen molar-refractivity contribution in [1.82, 2.24) is 0 Å². The van der Waals surface area contributed by atoms with Crippen LogP contribution in [0.5, 0.6) is 5.75 Å². The quantitative estimate of drug-likeness (QED) is 0.421. The van der Waals surface area contributed by atoms with Crippen LogP contribution in [0.3, 0.4) is 0 Å². The van der Waals surface area contributed by atoms with Crippen molar-refractivity contribution in [2.75, 3.05) is 5.32 Å². The van der Waals surface area contributed by atoms with Gasteiger partial charge in [0.05, 0.1) is 0 Å². The van der Waals surface area contributed by atoms with Crippen LogP contribution in [0.4, 0.5) is 5.69 Å². The molecule has 1 aliphatic rings. The molecule has 0 saturated heterocycles. The molecular formula is C29H35NO3. The van der Waals surface area contributed by atoms with Gasteiger partial charge >= 0.3 is 0 Å². The molecule has 0 aliphatic heterocycles. The van der Waals surface area contributed by atoms with Gasteiger partial charge in [0.2, 0.25) is 0 Å². The average molecular weight is 446 g/mol. The Morgan fingerprint density at radius 3 is 2.24 bits per heavy atom. The standard InChI is InChI=1S/C29H35NO3/c1-17-14-22-23(29(6,7)13-12-28(22,4)5)16-20(17)15-21-8-11-26(33-21)27(32)30-24-9-10-25(31)19(3)18(24)2/h8-11,14,16,31H,12-13,15H2,1-7H3,(H,30,32). The minimum Gasteiger partial charge on any atom is -0.508 e. The van der Waals surface area contributed by atoms with E-state index in [1.807, 2.05) is 19.9 Å². The van der Waals surface area contributed by atoms with Gasteiger partial charge in [0.15, 0.2) is 5.76 Å². The molecule has 0 bridgehead atoms. The number of hydrogen-bond donors (Lipinski definition) is 2. The third kappa shape index (κ3) is 4.31. The van der Waals surface area contributed by atoms with Crippen LogP contribution in [0.25, 0.3) is 0 Å². The molecule has 1 heterocycles. The summed E-state index contributed by atoms with van der Waals surface area (Å²) in [5, 5.41) is 12.7. The Hall–Kier alpha value is -3.01. The lowest BCUT2D eigenvalue weighted by Gasteiger charge is -2.42. The summed E-state index contributed by atoms with van der Waals surface area (Å²) in [7, 11) is 0. The van der Waals surface area contributed by atoms with E-state index in [-0.39, 0.29) is 28.2 Å². The SMILES string of the molecule is Cc1cc2c(cc1Cc1ccc(C(=O)Nc3ccc(O)c(C)c3C)o1)C(C)(C)CCC2(C)C. The van der Waals surface area contributed by atoms with E-state index >= 15 is 0 Å². The van der Waals surface area contributed by atoms with Crippen LogP contribution in [0, 0.1) is 20.8 Å². The second-order valence-electron chi connectivity index (χ2n) is 10.9. The second kappa shape index (κ2) is 8.09. The summed E-state index contributed by atoms with van der Waals surface area (Å²) in [4.78, 5) is 12.8. The van der Waals surface area contributed by atoms with E-state index in [9.17, 15) is 9.90 Å². The first-order valence-corrected chi connectivity index (χ1v) is 11.7. The number of aryl methyl sites for hydroxylation is 1. The van der Waals surface area contributed by atoms with Gasteiger partial charge in [-0.3, -0.25) is 4.79 Å². The van der Waals surface area contributed by atoms with Crippen molar-refractivity contribution in [2.45, 2.75) is 78.6 Å². The van der Waals surface area contributed by atoms with Crippen molar-refractivity contribution in [3.8, 4) is 5.75 Å². The van der Waals surface area contributed by atoms with Crippen LogP contribution in [0.1, 0.15) is 90.2 Å². The van der Waals surface area contributed by atoms with Crippen LogP contribution in [-0.2, 0) is 17.3 Å². The normalized spacial score (nSPS) is 16.3. The monoisotopic (exact) mass is 445 g/mol. The predicted molar refractivity (Wildman–Crippen MR) is 134 cm³/mol. The highest BCUT2D eigenvalue weighted by molar-refractivity contribution is 6.02. The molecule has 1 amide bonds. The highest BCUT2D eigenvalue weighted by Crippen LogP contribution is 2.46. The number of benzene rings is 2. The van der Waals surface area contributed by atoms with Gasteiger partial charge in [-0.05, 0) is 102 Å². The van der Waals surface area contributed by atoms with Crippen molar-refractivity contribution in [3.05, 3.63) is 81.3 Å². The van der Waals surface area contributed by atoms with Gasteiger partial charge in [0.1, 0.15) is 11.5 Å². The number of hydrogen-bond acceptors (Lipinski definition) is 3. The highest BCUT2D eigenvalue weighted by atomic mass is 16.3. The number of nitrogens with one attached hydrogen (secondary N) is 1. The molecule has 0 radical (unpaired) electrons. The number of anilines is 1. The van der Waals surface area contributed by atoms with E-state index < -0.39 is 0 Å². The summed E-state index contributed by atoms with van der Waals surface area (Å²) < 4.78 is 5.95. The fourth-order valence-corrected chi connectivity index (χ4v) is 4.87. The van der Waals surface area contributed by atoms with Crippen molar-refractivity contribution in [3.63, 3.8) is 0 Å². The summed E-state index contributed by atoms with van der Waals surface area (Å²) in [6, 6.07) is 11.6. The molecule has 33 heavy (non-hydrogen) atoms. The Kier molecular flexibility index (Phi) is 5.68. The smallest absolute Gasteiger partial charge is 0.291 e. The summed E-state index contributed by atoms with van der Waals surface area (Å²) in [6.45, 7) is 15.2. The number of phenols is 1. The molecule has 4 rings (SSSR count). The first kappa shape index (κ1) is 23.2. The van der Waals surface area contributed by atoms with Crippen LogP contribution < -0.4 is 5.32 Å². The van der Waals surface area contributed by atoms with Crippen molar-refractivity contribution >= 4 is 11.6 Å². The molecule has 2 N–H and O–H groups in total. The first-order valence-electron chi connectivity index (χ1n) is 11.7. The molecule has 0 spiro atoms. The molecule has 3 aromatic rings. The average Bonchev–Trinajstić information content (AvgIpc) is 3.22. The van der Waals surface area contributed by atoms with E-state index in [0.29, 0.717) is 12.1 Å². The van der Waals surface area contributed by atoms with Crippen LogP contribution in [0.2, 0.25) is 0 Å². The Morgan fingerprint density at radius 1 is 0.939 bits per heavy atom. The van der Waals surface area contributed by atoms with Crippen molar-refractivity contribution in [1.29, 1.82) is 0 Å². The predicted octanol–water partition coefficient (Wildman–Crippen LogP) is 7.10. The number of carbonyl (C=O) groups excluding carboxylic acids is 1. The zero-order valence-electron chi connectivity index (χ0n) is 20.8. The summed E-state index contributed by atoms with van der Waals surface area (Å²) in [6.07, 6.45) is 3.03. The maximum atomic E-state index is 12.8. The Bertz CT molecular complexity index is 1230. The fourth-order valence-electron chi connectivity index (χ4n) is 4.87. The largest absolute Gasteiger partial charge is 0.508 e. The minimum atomic E-state index is -0.292. The number of amides is 1. The highest BCUT2D eigenvalue weighted by Gasteiger charge is 2.37. The van der Waals surface area contributed by atoms with E-state index in [1.54, 1.807) is 18.2 Å². The Morgan fingerprint density at radius 2 is 1.58 bits per heavy atom. The molecule has 0 saturated carbocycles. The topological polar surface area (TPSA) is 62.5 Å². The lowest BCUT2D eigenvalue weighted by atomic mass is 9.62. The molecule has 4 heteroatoms. The zero-order chi connectivity index (χ0) is 24.1. The summed E-state index contributed by atoms with van der Waals surface area (Å²) in [5.74, 6) is 0.985. The Labute approximate surface area is 197 Å². The van der Waals surface area contributed by atoms with Gasteiger partial charge in [0, 0.05) is 12.1 Å². The number of aromatic hydroxyl groups is 1. The minimum absolute atomic E-state index is 0.154. The molecule has 174 valence electrons. The van der Waals surface area contributed by atoms with E-state index in [4.69, 9.17) is 4.42 Å². The lowest BCUT2D eigenvalue weighted by Crippen LogP contribution is -2.34. The maximum absolute atomic E-state index is 12.8. The van der Waals surface area contributed by atoms with Crippen molar-refractivity contribution < 1.29 is 14.3 Å². The zero-order valence-corrected chi connectivity index (χ0v) is 20.8. The molecule has 2 aromatic carbocycles. The Balaban J connectivity index is 1.57. The van der Waals surface area contributed by atoms with Crippen LogP contribution in [0.15, 0.2) is 40.8 Å². The van der Waals surface area contributed by atoms with Gasteiger partial charge in [-0.25, -0.2) is 0 Å². The third-order valence-corrected chi connectivity index (χ3v) is 7.57. The number of rotatable bonds is 4. The number of phenolic OH excluding ortho intramolecular Hbond substituents is 1. The van der Waals surface area contributed by atoms with Gasteiger partial charge < -0.3 is 14.8 Å².